The Bertz CT molecular complexity index is 552. The number of nitrogens with two attached hydrogens (primary N) is 1. The molecule has 0 aliphatic rings. The Morgan fingerprint density at radius 1 is 1.05 bits per heavy atom. The molecular weight excluding hydrogens is 254 g/mol. The van der Waals surface area contributed by atoms with Crippen LogP contribution >= 0.6 is 0 Å². The number of hydrogen-bond donors (Lipinski definition) is 1. The van der Waals surface area contributed by atoms with Crippen molar-refractivity contribution in [3.8, 4) is 11.5 Å². The van der Waals surface area contributed by atoms with Crippen molar-refractivity contribution in [2.75, 3.05) is 0 Å². The van der Waals surface area contributed by atoms with E-state index in [1.54, 1.807) is 31.2 Å². The molecule has 0 saturated carbocycles. The normalized spacial score (nSPS) is 11.7. The molecule has 4 nitrogen and oxygen atoms in total. The van der Waals surface area contributed by atoms with Crippen LogP contribution in [0.4, 0.5) is 0 Å². The fourth-order valence-electron chi connectivity index (χ4n) is 1.62. The number of carbonyl (C=O) groups excluding carboxylic acids is 1. The third-order valence-corrected chi connectivity index (χ3v) is 2.79. The fraction of sp³-hybridized carbons (Fsp3) is 0.188. The predicted octanol–water partition coefficient (Wildman–Crippen LogP) is 2.52. The number of hydrogen-bond acceptors (Lipinski definition) is 3. The van der Waals surface area contributed by atoms with Gasteiger partial charge in [0.25, 0.3) is 5.91 Å². The van der Waals surface area contributed by atoms with Crippen LogP contribution in [0.25, 0.3) is 0 Å². The molecular formula is C16H17NO3. The molecule has 0 saturated heterocycles. The van der Waals surface area contributed by atoms with Crippen molar-refractivity contribution in [1.29, 1.82) is 0 Å². The van der Waals surface area contributed by atoms with Crippen LogP contribution < -0.4 is 15.2 Å². The van der Waals surface area contributed by atoms with E-state index in [-0.39, 0.29) is 0 Å². The summed E-state index contributed by atoms with van der Waals surface area (Å²) in [7, 11) is 0. The van der Waals surface area contributed by atoms with Crippen LogP contribution in [0.5, 0.6) is 11.5 Å². The van der Waals surface area contributed by atoms with Crippen molar-refractivity contribution < 1.29 is 14.3 Å². The van der Waals surface area contributed by atoms with Crippen molar-refractivity contribution >= 4 is 5.91 Å². The largest absolute Gasteiger partial charge is 0.489 e. The Morgan fingerprint density at radius 2 is 1.65 bits per heavy atom. The number of primary amides is 1. The van der Waals surface area contributed by atoms with Crippen LogP contribution in [-0.4, -0.2) is 12.0 Å². The first kappa shape index (κ1) is 13.9. The smallest absolute Gasteiger partial charge is 0.258 e. The van der Waals surface area contributed by atoms with Crippen LogP contribution in [0.15, 0.2) is 54.6 Å². The van der Waals surface area contributed by atoms with Gasteiger partial charge >= 0.3 is 0 Å². The second-order valence-corrected chi connectivity index (χ2v) is 4.41. The first-order valence-electron chi connectivity index (χ1n) is 6.38. The quantitative estimate of drug-likeness (QED) is 0.878. The molecule has 0 aromatic heterocycles. The number of ether oxygens (including phenoxy) is 2. The molecule has 104 valence electrons. The van der Waals surface area contributed by atoms with Gasteiger partial charge < -0.3 is 15.2 Å². The van der Waals surface area contributed by atoms with Crippen molar-refractivity contribution in [1.82, 2.24) is 0 Å². The van der Waals surface area contributed by atoms with Gasteiger partial charge in [-0.25, -0.2) is 0 Å². The maximum Gasteiger partial charge on any atom is 0.258 e. The highest BCUT2D eigenvalue weighted by molar-refractivity contribution is 5.78. The molecule has 4 heteroatoms. The summed E-state index contributed by atoms with van der Waals surface area (Å²) in [5.41, 5.74) is 6.24. The third kappa shape index (κ3) is 4.02. The summed E-state index contributed by atoms with van der Waals surface area (Å²) in [6.07, 6.45) is -0.647. The first-order chi connectivity index (χ1) is 9.65. The molecule has 0 radical (unpaired) electrons. The lowest BCUT2D eigenvalue weighted by Crippen LogP contribution is -2.30. The molecule has 0 unspecified atom stereocenters. The molecule has 2 rings (SSSR count). The van der Waals surface area contributed by atoms with E-state index in [2.05, 4.69) is 0 Å². The molecule has 0 bridgehead atoms. The first-order valence-corrected chi connectivity index (χ1v) is 6.38. The van der Waals surface area contributed by atoms with Gasteiger partial charge in [-0.15, -0.1) is 0 Å². The van der Waals surface area contributed by atoms with Gasteiger partial charge in [0, 0.05) is 0 Å². The minimum absolute atomic E-state index is 0.491. The fourth-order valence-corrected chi connectivity index (χ4v) is 1.62. The molecule has 0 aliphatic heterocycles. The summed E-state index contributed by atoms with van der Waals surface area (Å²) in [6.45, 7) is 2.13. The maximum absolute atomic E-state index is 10.9. The van der Waals surface area contributed by atoms with E-state index in [4.69, 9.17) is 15.2 Å². The minimum Gasteiger partial charge on any atom is -0.489 e. The van der Waals surface area contributed by atoms with E-state index in [0.717, 1.165) is 11.3 Å². The second kappa shape index (κ2) is 6.61. The zero-order chi connectivity index (χ0) is 14.4. The summed E-state index contributed by atoms with van der Waals surface area (Å²) in [6, 6.07) is 17.0. The lowest BCUT2D eigenvalue weighted by Gasteiger charge is -2.12. The van der Waals surface area contributed by atoms with E-state index in [0.29, 0.717) is 12.4 Å². The lowest BCUT2D eigenvalue weighted by molar-refractivity contribution is -0.123. The molecule has 2 aromatic carbocycles. The Kier molecular flexibility index (Phi) is 4.60. The summed E-state index contributed by atoms with van der Waals surface area (Å²) in [5, 5.41) is 0. The highest BCUT2D eigenvalue weighted by atomic mass is 16.5. The van der Waals surface area contributed by atoms with Gasteiger partial charge in [-0.2, -0.15) is 0 Å². The number of carbonyl (C=O) groups is 1. The number of benzene rings is 2. The van der Waals surface area contributed by atoms with Crippen LogP contribution in [0.3, 0.4) is 0 Å². The van der Waals surface area contributed by atoms with Gasteiger partial charge in [-0.05, 0) is 36.8 Å². The van der Waals surface area contributed by atoms with E-state index >= 15 is 0 Å². The van der Waals surface area contributed by atoms with Crippen LogP contribution in [0.2, 0.25) is 0 Å². The summed E-state index contributed by atoms with van der Waals surface area (Å²) < 4.78 is 11.0. The Labute approximate surface area is 118 Å². The van der Waals surface area contributed by atoms with Crippen molar-refractivity contribution in [3.05, 3.63) is 60.2 Å². The molecule has 1 atom stereocenters. The van der Waals surface area contributed by atoms with Gasteiger partial charge in [0.1, 0.15) is 18.1 Å². The van der Waals surface area contributed by atoms with E-state index in [1.807, 2.05) is 30.3 Å². The van der Waals surface area contributed by atoms with Crippen LogP contribution in [0, 0.1) is 0 Å². The van der Waals surface area contributed by atoms with E-state index in [9.17, 15) is 4.79 Å². The lowest BCUT2D eigenvalue weighted by atomic mass is 10.2. The summed E-state index contributed by atoms with van der Waals surface area (Å²) >= 11 is 0. The zero-order valence-corrected chi connectivity index (χ0v) is 11.3. The zero-order valence-electron chi connectivity index (χ0n) is 11.3. The van der Waals surface area contributed by atoms with Gasteiger partial charge in [-0.1, -0.05) is 30.3 Å². The predicted molar refractivity (Wildman–Crippen MR) is 76.5 cm³/mol. The van der Waals surface area contributed by atoms with E-state index < -0.39 is 12.0 Å². The average molecular weight is 271 g/mol. The molecule has 20 heavy (non-hydrogen) atoms. The molecule has 0 fully saturated rings. The molecule has 1 amide bonds. The van der Waals surface area contributed by atoms with Gasteiger partial charge in [0.2, 0.25) is 0 Å². The molecule has 0 heterocycles. The summed E-state index contributed by atoms with van der Waals surface area (Å²) in [5.74, 6) is 0.839. The maximum atomic E-state index is 10.9. The molecule has 0 spiro atoms. The Hall–Kier alpha value is -2.49. The van der Waals surface area contributed by atoms with Gasteiger partial charge in [0.15, 0.2) is 6.10 Å². The van der Waals surface area contributed by atoms with Crippen LogP contribution in [0.1, 0.15) is 12.5 Å². The topological polar surface area (TPSA) is 61.6 Å². The van der Waals surface area contributed by atoms with Crippen LogP contribution in [-0.2, 0) is 11.4 Å². The van der Waals surface area contributed by atoms with E-state index in [1.165, 1.54) is 0 Å². The number of amides is 1. The van der Waals surface area contributed by atoms with Crippen molar-refractivity contribution in [3.63, 3.8) is 0 Å². The highest BCUT2D eigenvalue weighted by Gasteiger charge is 2.09. The van der Waals surface area contributed by atoms with Gasteiger partial charge in [-0.3, -0.25) is 4.79 Å². The molecule has 0 aliphatic carbocycles. The standard InChI is InChI=1S/C16H17NO3/c1-12(16(17)18)20-15-9-7-14(8-10-15)19-11-13-5-3-2-4-6-13/h2-10,12H,11H2,1H3,(H2,17,18)/t12-/m1/s1. The van der Waals surface area contributed by atoms with Crippen molar-refractivity contribution in [2.45, 2.75) is 19.6 Å². The summed E-state index contributed by atoms with van der Waals surface area (Å²) in [4.78, 5) is 10.9. The third-order valence-electron chi connectivity index (χ3n) is 2.79. The monoisotopic (exact) mass is 271 g/mol. The minimum atomic E-state index is -0.647. The SMILES string of the molecule is C[C@@H](Oc1ccc(OCc2ccccc2)cc1)C(N)=O. The number of rotatable bonds is 6. The Balaban J connectivity index is 1.90. The second-order valence-electron chi connectivity index (χ2n) is 4.41. The molecule has 2 aromatic rings. The average Bonchev–Trinajstić information content (AvgIpc) is 2.47. The van der Waals surface area contributed by atoms with Gasteiger partial charge in [0.05, 0.1) is 0 Å². The van der Waals surface area contributed by atoms with Crippen molar-refractivity contribution in [2.24, 2.45) is 5.73 Å². The Morgan fingerprint density at radius 3 is 2.25 bits per heavy atom. The highest BCUT2D eigenvalue weighted by Crippen LogP contribution is 2.19. The molecule has 2 N–H and O–H groups in total.